The fraction of sp³-hybridized carbons (Fsp3) is 0.438. The normalized spacial score (nSPS) is 10.8. The van der Waals surface area contributed by atoms with Gasteiger partial charge in [-0.15, -0.1) is 11.3 Å². The predicted molar refractivity (Wildman–Crippen MR) is 89.2 cm³/mol. The van der Waals surface area contributed by atoms with Gasteiger partial charge in [-0.2, -0.15) is 0 Å². The van der Waals surface area contributed by atoms with Gasteiger partial charge in [0.05, 0.1) is 18.7 Å². The molecule has 2 heterocycles. The number of nitrogens with one attached hydrogen (secondary N) is 1. The maximum atomic E-state index is 12.2. The minimum atomic E-state index is -0.166. The third kappa shape index (κ3) is 4.92. The van der Waals surface area contributed by atoms with E-state index in [1.807, 2.05) is 38.3 Å². The molecule has 1 N–H and O–H groups in total. The number of thiazole rings is 1. The van der Waals surface area contributed by atoms with E-state index in [1.165, 1.54) is 16.2 Å². The second-order valence-corrected chi connectivity index (χ2v) is 6.56. The van der Waals surface area contributed by atoms with E-state index in [1.54, 1.807) is 7.05 Å². The van der Waals surface area contributed by atoms with Crippen molar-refractivity contribution in [2.45, 2.75) is 33.2 Å². The lowest BCUT2D eigenvalue weighted by Gasteiger charge is -2.17. The van der Waals surface area contributed by atoms with Gasteiger partial charge in [-0.1, -0.05) is 0 Å². The lowest BCUT2D eigenvalue weighted by atomic mass is 10.3. The molecule has 0 aromatic carbocycles. The quantitative estimate of drug-likeness (QED) is 0.878. The van der Waals surface area contributed by atoms with E-state index >= 15 is 0 Å². The largest absolute Gasteiger partial charge is 0.459 e. The molecule has 0 fully saturated rings. The molecule has 0 aliphatic carbocycles. The van der Waals surface area contributed by atoms with Crippen molar-refractivity contribution in [2.24, 2.45) is 0 Å². The third-order valence-electron chi connectivity index (χ3n) is 3.09. The number of aryl methyl sites for hydroxylation is 1. The monoisotopic (exact) mass is 335 g/mol. The number of hydrogen-bond acceptors (Lipinski definition) is 5. The highest BCUT2D eigenvalue weighted by Crippen LogP contribution is 2.25. The molecule has 6 nitrogen and oxygen atoms in total. The molecule has 0 atom stereocenters. The van der Waals surface area contributed by atoms with E-state index in [2.05, 4.69) is 10.3 Å². The molecule has 2 aromatic heterocycles. The van der Waals surface area contributed by atoms with E-state index in [0.717, 1.165) is 10.8 Å². The summed E-state index contributed by atoms with van der Waals surface area (Å²) in [6, 6.07) is 3.80. The summed E-state index contributed by atoms with van der Waals surface area (Å²) in [5.41, 5.74) is 0.681. The highest BCUT2D eigenvalue weighted by atomic mass is 32.1. The van der Waals surface area contributed by atoms with Crippen LogP contribution in [0.4, 0.5) is 0 Å². The van der Waals surface area contributed by atoms with Crippen molar-refractivity contribution in [1.82, 2.24) is 15.2 Å². The Kier molecular flexibility index (Phi) is 5.54. The van der Waals surface area contributed by atoms with Crippen LogP contribution in [0.25, 0.3) is 10.8 Å². The molecule has 124 valence electrons. The molecule has 0 radical (unpaired) electrons. The summed E-state index contributed by atoms with van der Waals surface area (Å²) < 4.78 is 5.52. The van der Waals surface area contributed by atoms with Crippen LogP contribution in [-0.4, -0.2) is 41.3 Å². The summed E-state index contributed by atoms with van der Waals surface area (Å²) in [4.78, 5) is 29.7. The average molecular weight is 335 g/mol. The van der Waals surface area contributed by atoms with Gasteiger partial charge >= 0.3 is 0 Å². The second kappa shape index (κ2) is 7.41. The number of carbonyl (C=O) groups excluding carboxylic acids is 2. The van der Waals surface area contributed by atoms with Gasteiger partial charge in [0.25, 0.3) is 0 Å². The van der Waals surface area contributed by atoms with Crippen LogP contribution >= 0.6 is 11.3 Å². The molecule has 7 heteroatoms. The zero-order valence-corrected chi connectivity index (χ0v) is 14.6. The number of aromatic nitrogens is 1. The Morgan fingerprint density at radius 3 is 2.74 bits per heavy atom. The van der Waals surface area contributed by atoms with Crippen molar-refractivity contribution in [2.75, 3.05) is 13.6 Å². The second-order valence-electron chi connectivity index (χ2n) is 5.70. The molecule has 2 amide bonds. The maximum absolute atomic E-state index is 12.2. The van der Waals surface area contributed by atoms with E-state index < -0.39 is 0 Å². The van der Waals surface area contributed by atoms with Gasteiger partial charge in [0, 0.05) is 18.5 Å². The standard InChI is InChI=1S/C16H21N3O3S/c1-10(2)17-14(20)8-19(4)15(21)7-12-9-23-16(18-12)13-6-5-11(3)22-13/h5-6,9-10H,7-8H2,1-4H3,(H,17,20). The molecule has 23 heavy (non-hydrogen) atoms. The fourth-order valence-corrected chi connectivity index (χ4v) is 2.79. The Hall–Kier alpha value is -2.15. The lowest BCUT2D eigenvalue weighted by molar-refractivity contribution is -0.134. The predicted octanol–water partition coefficient (Wildman–Crippen LogP) is 2.24. The number of amides is 2. The van der Waals surface area contributed by atoms with Gasteiger partial charge in [-0.3, -0.25) is 9.59 Å². The van der Waals surface area contributed by atoms with Crippen LogP contribution < -0.4 is 5.32 Å². The molecule has 0 saturated carbocycles. The molecule has 0 spiro atoms. The van der Waals surface area contributed by atoms with Gasteiger partial charge in [0.1, 0.15) is 5.76 Å². The summed E-state index contributed by atoms with van der Waals surface area (Å²) >= 11 is 1.44. The van der Waals surface area contributed by atoms with E-state index in [9.17, 15) is 9.59 Å². The van der Waals surface area contributed by atoms with Crippen molar-refractivity contribution in [3.8, 4) is 10.8 Å². The summed E-state index contributed by atoms with van der Waals surface area (Å²) in [6.45, 7) is 5.68. The lowest BCUT2D eigenvalue weighted by Crippen LogP contribution is -2.41. The van der Waals surface area contributed by atoms with Crippen molar-refractivity contribution in [1.29, 1.82) is 0 Å². The van der Waals surface area contributed by atoms with E-state index in [0.29, 0.717) is 11.5 Å². The molecular weight excluding hydrogens is 314 g/mol. The first kappa shape index (κ1) is 17.2. The molecule has 2 aromatic rings. The maximum Gasteiger partial charge on any atom is 0.239 e. The van der Waals surface area contributed by atoms with E-state index in [-0.39, 0.29) is 30.8 Å². The average Bonchev–Trinajstić information content (AvgIpc) is 3.06. The molecular formula is C16H21N3O3S. The summed E-state index contributed by atoms with van der Waals surface area (Å²) in [5.74, 6) is 1.22. The van der Waals surface area contributed by atoms with Crippen LogP contribution in [0.2, 0.25) is 0 Å². The first-order valence-corrected chi connectivity index (χ1v) is 8.27. The number of rotatable bonds is 6. The molecule has 0 saturated heterocycles. The third-order valence-corrected chi connectivity index (χ3v) is 4.00. The van der Waals surface area contributed by atoms with Crippen LogP contribution in [0.15, 0.2) is 21.9 Å². The number of hydrogen-bond donors (Lipinski definition) is 1. The molecule has 0 aliphatic heterocycles. The number of carbonyl (C=O) groups is 2. The number of nitrogens with zero attached hydrogens (tertiary/aromatic N) is 2. The highest BCUT2D eigenvalue weighted by Gasteiger charge is 2.16. The summed E-state index contributed by atoms with van der Waals surface area (Å²) in [5, 5.41) is 5.35. The van der Waals surface area contributed by atoms with Crippen molar-refractivity contribution in [3.63, 3.8) is 0 Å². The minimum Gasteiger partial charge on any atom is -0.459 e. The van der Waals surface area contributed by atoms with Crippen molar-refractivity contribution >= 4 is 23.2 Å². The Balaban J connectivity index is 1.92. The fourth-order valence-electron chi connectivity index (χ4n) is 2.01. The smallest absolute Gasteiger partial charge is 0.239 e. The Bertz CT molecular complexity index is 690. The first-order chi connectivity index (χ1) is 10.8. The van der Waals surface area contributed by atoms with Crippen molar-refractivity contribution < 1.29 is 14.0 Å². The first-order valence-electron chi connectivity index (χ1n) is 7.39. The topological polar surface area (TPSA) is 75.4 Å². The minimum absolute atomic E-state index is 0.0470. The van der Waals surface area contributed by atoms with Crippen LogP contribution in [0.1, 0.15) is 25.3 Å². The van der Waals surface area contributed by atoms with Crippen LogP contribution in [0, 0.1) is 6.92 Å². The Morgan fingerprint density at radius 1 is 1.39 bits per heavy atom. The van der Waals surface area contributed by atoms with Gasteiger partial charge in [0.2, 0.25) is 11.8 Å². The van der Waals surface area contributed by atoms with Crippen LogP contribution in [0.3, 0.4) is 0 Å². The molecule has 2 rings (SSSR count). The Morgan fingerprint density at radius 2 is 2.13 bits per heavy atom. The zero-order chi connectivity index (χ0) is 17.0. The number of furan rings is 1. The molecule has 0 unspecified atom stereocenters. The Labute approximate surface area is 139 Å². The van der Waals surface area contributed by atoms with Gasteiger partial charge in [-0.05, 0) is 32.9 Å². The van der Waals surface area contributed by atoms with Gasteiger partial charge in [0.15, 0.2) is 10.8 Å². The van der Waals surface area contributed by atoms with Crippen LogP contribution in [0.5, 0.6) is 0 Å². The van der Waals surface area contributed by atoms with Crippen molar-refractivity contribution in [3.05, 3.63) is 29.0 Å². The highest BCUT2D eigenvalue weighted by molar-refractivity contribution is 7.13. The summed E-state index contributed by atoms with van der Waals surface area (Å²) in [6.07, 6.45) is 0.168. The van der Waals surface area contributed by atoms with E-state index in [4.69, 9.17) is 4.42 Å². The van der Waals surface area contributed by atoms with Gasteiger partial charge in [-0.25, -0.2) is 4.98 Å². The molecule has 0 bridgehead atoms. The SMILES string of the molecule is Cc1ccc(-c2nc(CC(=O)N(C)CC(=O)NC(C)C)cs2)o1. The van der Waals surface area contributed by atoms with Gasteiger partial charge < -0.3 is 14.6 Å². The number of likely N-dealkylation sites (N-methyl/N-ethyl adjacent to an activating group) is 1. The zero-order valence-electron chi connectivity index (χ0n) is 13.8. The summed E-state index contributed by atoms with van der Waals surface area (Å²) in [7, 11) is 1.62. The van der Waals surface area contributed by atoms with Crippen LogP contribution in [-0.2, 0) is 16.0 Å². The molecule has 0 aliphatic rings.